The van der Waals surface area contributed by atoms with Crippen molar-refractivity contribution in [1.82, 2.24) is 4.90 Å². The second kappa shape index (κ2) is 6.06. The number of rotatable bonds is 5. The standard InChI is InChI=1S/C13H20N2O3S/c1-4-15(5-2)13(16)10(3)19(17,18)12-8-6-7-11(14)9-12/h6-10H,4-5,14H2,1-3H3. The van der Waals surface area contributed by atoms with Crippen LogP contribution in [-0.4, -0.2) is 37.6 Å². The number of benzene rings is 1. The first-order chi connectivity index (χ1) is 8.84. The molecule has 0 fully saturated rings. The van der Waals surface area contributed by atoms with E-state index in [1.165, 1.54) is 24.0 Å². The molecule has 1 aromatic carbocycles. The summed E-state index contributed by atoms with van der Waals surface area (Å²) < 4.78 is 24.7. The highest BCUT2D eigenvalue weighted by atomic mass is 32.2. The molecule has 0 aromatic heterocycles. The predicted octanol–water partition coefficient (Wildman–Crippen LogP) is 1.30. The summed E-state index contributed by atoms with van der Waals surface area (Å²) in [5.41, 5.74) is 5.95. The molecule has 0 heterocycles. The van der Waals surface area contributed by atoms with E-state index in [0.717, 1.165) is 0 Å². The van der Waals surface area contributed by atoms with Crippen molar-refractivity contribution >= 4 is 21.4 Å². The van der Waals surface area contributed by atoms with Gasteiger partial charge in [-0.2, -0.15) is 0 Å². The fourth-order valence-electron chi connectivity index (χ4n) is 1.82. The van der Waals surface area contributed by atoms with Crippen LogP contribution in [0.3, 0.4) is 0 Å². The van der Waals surface area contributed by atoms with Crippen LogP contribution < -0.4 is 5.73 Å². The lowest BCUT2D eigenvalue weighted by atomic mass is 10.3. The van der Waals surface area contributed by atoms with Gasteiger partial charge in [0.25, 0.3) is 0 Å². The summed E-state index contributed by atoms with van der Waals surface area (Å²) in [5, 5.41) is -1.10. The molecule has 1 aromatic rings. The first-order valence-electron chi connectivity index (χ1n) is 6.22. The van der Waals surface area contributed by atoms with Gasteiger partial charge in [0.05, 0.1) is 4.90 Å². The van der Waals surface area contributed by atoms with Gasteiger partial charge in [-0.25, -0.2) is 8.42 Å². The molecule has 0 radical (unpaired) electrons. The number of anilines is 1. The average molecular weight is 284 g/mol. The van der Waals surface area contributed by atoms with Crippen molar-refractivity contribution < 1.29 is 13.2 Å². The molecule has 0 saturated heterocycles. The van der Waals surface area contributed by atoms with Gasteiger partial charge in [-0.05, 0) is 39.0 Å². The van der Waals surface area contributed by atoms with Gasteiger partial charge in [-0.15, -0.1) is 0 Å². The number of carbonyl (C=O) groups excluding carboxylic acids is 1. The zero-order valence-electron chi connectivity index (χ0n) is 11.5. The third-order valence-corrected chi connectivity index (χ3v) is 5.12. The third kappa shape index (κ3) is 3.26. The van der Waals surface area contributed by atoms with E-state index >= 15 is 0 Å². The normalized spacial score (nSPS) is 13.0. The molecule has 5 nitrogen and oxygen atoms in total. The minimum Gasteiger partial charge on any atom is -0.399 e. The van der Waals surface area contributed by atoms with Crippen molar-refractivity contribution in [2.45, 2.75) is 30.9 Å². The molecule has 0 aliphatic rings. The van der Waals surface area contributed by atoms with Gasteiger partial charge in [0.2, 0.25) is 5.91 Å². The molecule has 1 amide bonds. The largest absolute Gasteiger partial charge is 0.399 e. The SMILES string of the molecule is CCN(CC)C(=O)C(C)S(=O)(=O)c1cccc(N)c1. The summed E-state index contributed by atoms with van der Waals surface area (Å²) in [4.78, 5) is 13.7. The van der Waals surface area contributed by atoms with Crippen LogP contribution >= 0.6 is 0 Å². The lowest BCUT2D eigenvalue weighted by Crippen LogP contribution is -2.41. The molecular weight excluding hydrogens is 264 g/mol. The topological polar surface area (TPSA) is 80.5 Å². The van der Waals surface area contributed by atoms with Gasteiger partial charge in [0.1, 0.15) is 5.25 Å². The summed E-state index contributed by atoms with van der Waals surface area (Å²) in [6.45, 7) is 6.04. The molecule has 0 bridgehead atoms. The molecule has 0 saturated carbocycles. The van der Waals surface area contributed by atoms with Gasteiger partial charge >= 0.3 is 0 Å². The Balaban J connectivity index is 3.10. The monoisotopic (exact) mass is 284 g/mol. The highest BCUT2D eigenvalue weighted by Crippen LogP contribution is 2.19. The minimum atomic E-state index is -3.70. The summed E-state index contributed by atoms with van der Waals surface area (Å²) in [6.07, 6.45) is 0. The second-order valence-electron chi connectivity index (χ2n) is 4.27. The lowest BCUT2D eigenvalue weighted by Gasteiger charge is -2.22. The molecule has 2 N–H and O–H groups in total. The van der Waals surface area contributed by atoms with Crippen LogP contribution in [0.2, 0.25) is 0 Å². The van der Waals surface area contributed by atoms with Crippen molar-refractivity contribution in [2.24, 2.45) is 0 Å². The Labute approximate surface area is 114 Å². The van der Waals surface area contributed by atoms with E-state index in [0.29, 0.717) is 18.8 Å². The van der Waals surface area contributed by atoms with Gasteiger partial charge in [-0.3, -0.25) is 4.79 Å². The number of hydrogen-bond acceptors (Lipinski definition) is 4. The van der Waals surface area contributed by atoms with E-state index in [1.807, 2.05) is 13.8 Å². The third-order valence-electron chi connectivity index (χ3n) is 3.07. The second-order valence-corrected chi connectivity index (χ2v) is 6.54. The molecule has 6 heteroatoms. The van der Waals surface area contributed by atoms with Crippen LogP contribution in [0, 0.1) is 0 Å². The molecule has 0 aliphatic carbocycles. The minimum absolute atomic E-state index is 0.0838. The van der Waals surface area contributed by atoms with Crippen LogP contribution in [0.4, 0.5) is 5.69 Å². The molecule has 106 valence electrons. The highest BCUT2D eigenvalue weighted by Gasteiger charge is 2.32. The van der Waals surface area contributed by atoms with Gasteiger partial charge < -0.3 is 10.6 Å². The summed E-state index contributed by atoms with van der Waals surface area (Å²) in [6, 6.07) is 6.01. The fourth-order valence-corrected chi connectivity index (χ4v) is 3.21. The number of carbonyl (C=O) groups is 1. The lowest BCUT2D eigenvalue weighted by molar-refractivity contribution is -0.130. The smallest absolute Gasteiger partial charge is 0.240 e. The Morgan fingerprint density at radius 2 is 1.89 bits per heavy atom. The van der Waals surface area contributed by atoms with E-state index in [1.54, 1.807) is 12.1 Å². The molecule has 0 aliphatic heterocycles. The van der Waals surface area contributed by atoms with Crippen LogP contribution in [0.25, 0.3) is 0 Å². The highest BCUT2D eigenvalue weighted by molar-refractivity contribution is 7.92. The molecule has 0 spiro atoms. The molecule has 19 heavy (non-hydrogen) atoms. The van der Waals surface area contributed by atoms with Crippen LogP contribution in [-0.2, 0) is 14.6 Å². The maximum Gasteiger partial charge on any atom is 0.240 e. The first kappa shape index (κ1) is 15.5. The number of nitrogens with zero attached hydrogens (tertiary/aromatic N) is 1. The van der Waals surface area contributed by atoms with Crippen LogP contribution in [0.5, 0.6) is 0 Å². The average Bonchev–Trinajstić information content (AvgIpc) is 2.39. The van der Waals surface area contributed by atoms with E-state index in [9.17, 15) is 13.2 Å². The molecular formula is C13H20N2O3S. The zero-order valence-corrected chi connectivity index (χ0v) is 12.3. The number of hydrogen-bond donors (Lipinski definition) is 1. The van der Waals surface area contributed by atoms with Crippen LogP contribution in [0.1, 0.15) is 20.8 Å². The van der Waals surface area contributed by atoms with E-state index in [4.69, 9.17) is 5.73 Å². The van der Waals surface area contributed by atoms with E-state index in [2.05, 4.69) is 0 Å². The Hall–Kier alpha value is -1.56. The fraction of sp³-hybridized carbons (Fsp3) is 0.462. The van der Waals surface area contributed by atoms with E-state index in [-0.39, 0.29) is 10.8 Å². The maximum absolute atomic E-state index is 12.4. The first-order valence-corrected chi connectivity index (χ1v) is 7.77. The van der Waals surface area contributed by atoms with Gasteiger partial charge in [0, 0.05) is 18.8 Å². The van der Waals surface area contributed by atoms with Crippen molar-refractivity contribution in [3.05, 3.63) is 24.3 Å². The Kier molecular flexibility index (Phi) is 4.94. The number of sulfone groups is 1. The van der Waals surface area contributed by atoms with Crippen LogP contribution in [0.15, 0.2) is 29.2 Å². The number of amides is 1. The summed E-state index contributed by atoms with van der Waals surface area (Å²) in [5.74, 6) is -0.382. The summed E-state index contributed by atoms with van der Waals surface area (Å²) >= 11 is 0. The van der Waals surface area contributed by atoms with Crippen molar-refractivity contribution in [3.8, 4) is 0 Å². The Morgan fingerprint density at radius 3 is 2.37 bits per heavy atom. The Morgan fingerprint density at radius 1 is 1.32 bits per heavy atom. The predicted molar refractivity (Wildman–Crippen MR) is 75.4 cm³/mol. The number of nitrogens with two attached hydrogens (primary N) is 1. The van der Waals surface area contributed by atoms with E-state index < -0.39 is 15.1 Å². The van der Waals surface area contributed by atoms with Gasteiger partial charge in [-0.1, -0.05) is 6.07 Å². The van der Waals surface area contributed by atoms with Crippen molar-refractivity contribution in [1.29, 1.82) is 0 Å². The Bertz CT molecular complexity index is 551. The van der Waals surface area contributed by atoms with Crippen molar-refractivity contribution in [2.75, 3.05) is 18.8 Å². The maximum atomic E-state index is 12.4. The molecule has 1 unspecified atom stereocenters. The zero-order chi connectivity index (χ0) is 14.6. The summed E-state index contributed by atoms with van der Waals surface area (Å²) in [7, 11) is -3.70. The van der Waals surface area contributed by atoms with Crippen molar-refractivity contribution in [3.63, 3.8) is 0 Å². The molecule has 1 atom stereocenters. The molecule has 1 rings (SSSR count). The number of nitrogen functional groups attached to an aromatic ring is 1. The van der Waals surface area contributed by atoms with Gasteiger partial charge in [0.15, 0.2) is 9.84 Å². The quantitative estimate of drug-likeness (QED) is 0.826.